The van der Waals surface area contributed by atoms with Gasteiger partial charge in [-0.2, -0.15) is 5.48 Å². The molecule has 414 valence electrons. The lowest BCUT2D eigenvalue weighted by atomic mass is 9.96. The number of nitrogens with one attached hydrogen (secondary N) is 3. The summed E-state index contributed by atoms with van der Waals surface area (Å²) in [5, 5.41) is 48.5. The van der Waals surface area contributed by atoms with Crippen LogP contribution in [0.2, 0.25) is 0 Å². The van der Waals surface area contributed by atoms with Gasteiger partial charge in [0, 0.05) is 67.7 Å². The Morgan fingerprint density at radius 3 is 1.60 bits per heavy atom. The van der Waals surface area contributed by atoms with Gasteiger partial charge in [0.15, 0.2) is 0 Å². The molecular formula is C53H59F3N10O10S2. The third kappa shape index (κ3) is 12.9. The number of nitrogens with zero attached hydrogens (tertiary/aromatic N) is 6. The molecule has 6 heterocycles. The van der Waals surface area contributed by atoms with Crippen LogP contribution in [0.25, 0.3) is 20.9 Å². The number of anilines is 4. The molecule has 8 rings (SSSR count). The van der Waals surface area contributed by atoms with Gasteiger partial charge in [0.05, 0.1) is 71.7 Å². The third-order valence-corrected chi connectivity index (χ3v) is 15.5. The number of hydrogen-bond acceptors (Lipinski definition) is 18. The van der Waals surface area contributed by atoms with Gasteiger partial charge in [0.2, 0.25) is 0 Å². The molecule has 0 radical (unpaired) electrons. The van der Waals surface area contributed by atoms with E-state index in [0.29, 0.717) is 58.8 Å². The van der Waals surface area contributed by atoms with E-state index in [0.717, 1.165) is 34.8 Å². The number of benzene rings is 2. The van der Waals surface area contributed by atoms with Crippen LogP contribution in [0.1, 0.15) is 83.0 Å². The van der Waals surface area contributed by atoms with Crippen molar-refractivity contribution in [3.8, 4) is 20.9 Å². The number of aromatic nitrogens is 2. The van der Waals surface area contributed by atoms with Crippen LogP contribution < -0.4 is 21.8 Å². The van der Waals surface area contributed by atoms with Crippen LogP contribution in [0.4, 0.5) is 44.4 Å². The molecule has 2 fully saturated rings. The second-order valence-electron chi connectivity index (χ2n) is 19.6. The molecule has 0 spiro atoms. The number of thiophene rings is 2. The number of carbonyl (C=O) groups excluding carboxylic acids is 4. The van der Waals surface area contributed by atoms with Crippen molar-refractivity contribution in [2.45, 2.75) is 51.0 Å². The number of ether oxygens (including phenoxy) is 1. The van der Waals surface area contributed by atoms with Crippen molar-refractivity contribution in [1.29, 1.82) is 0 Å². The molecule has 0 aliphatic carbocycles. The summed E-state index contributed by atoms with van der Waals surface area (Å²) in [5.74, 6) is -3.81. The molecule has 20 nitrogen and oxygen atoms in total. The summed E-state index contributed by atoms with van der Waals surface area (Å²) in [6.07, 6.45) is -1.37. The number of aliphatic hydroxyl groups is 4. The molecule has 9 N–H and O–H groups in total. The van der Waals surface area contributed by atoms with Crippen LogP contribution in [0.15, 0.2) is 78.9 Å². The number of hydroxylamine groups is 1. The van der Waals surface area contributed by atoms with Gasteiger partial charge >= 0.3 is 12.2 Å². The minimum absolute atomic E-state index is 0.0163. The Bertz CT molecular complexity index is 3160. The molecule has 0 saturated carbocycles. The smallest absolute Gasteiger partial charge is 0.434 e. The average Bonchev–Trinajstić information content (AvgIpc) is 4.05. The molecule has 4 amide bonds. The van der Waals surface area contributed by atoms with E-state index in [1.807, 2.05) is 9.80 Å². The molecule has 6 aromatic rings. The summed E-state index contributed by atoms with van der Waals surface area (Å²) in [5.41, 5.74) is 5.97. The molecule has 25 heteroatoms. The zero-order valence-electron chi connectivity index (χ0n) is 43.2. The molecular weight excluding hydrogens is 1060 g/mol. The summed E-state index contributed by atoms with van der Waals surface area (Å²) >= 11 is 1.89. The highest BCUT2D eigenvalue weighted by Gasteiger charge is 2.32. The summed E-state index contributed by atoms with van der Waals surface area (Å²) in [6, 6.07) is 17.9. The topological polar surface area (TPSA) is 269 Å². The van der Waals surface area contributed by atoms with Crippen LogP contribution in [0.5, 0.6) is 0 Å². The number of rotatable bonds is 16. The summed E-state index contributed by atoms with van der Waals surface area (Å²) in [7, 11) is 1.30. The second-order valence-corrected chi connectivity index (χ2v) is 21.7. The minimum atomic E-state index is -1.57. The molecule has 78 heavy (non-hydrogen) atoms. The lowest BCUT2D eigenvalue weighted by molar-refractivity contribution is 0.0232. The van der Waals surface area contributed by atoms with Gasteiger partial charge in [-0.1, -0.05) is 24.3 Å². The van der Waals surface area contributed by atoms with Gasteiger partial charge in [-0.15, -0.1) is 22.7 Å². The normalized spacial score (nSPS) is 15.4. The maximum atomic E-state index is 15.8. The van der Waals surface area contributed by atoms with Crippen LogP contribution >= 0.6 is 22.7 Å². The number of amides is 4. The number of halogens is 3. The van der Waals surface area contributed by atoms with Crippen molar-refractivity contribution in [2.24, 2.45) is 5.73 Å². The summed E-state index contributed by atoms with van der Waals surface area (Å²) in [4.78, 5) is 73.9. The number of nitrogens with two attached hydrogens (primary N) is 1. The number of pyridine rings is 2. The second kappa shape index (κ2) is 23.8. The van der Waals surface area contributed by atoms with Gasteiger partial charge in [-0.05, 0) is 93.4 Å². The number of hydrogen-bond donors (Lipinski definition) is 8. The van der Waals surface area contributed by atoms with Crippen molar-refractivity contribution in [1.82, 2.24) is 35.0 Å². The Kier molecular flexibility index (Phi) is 17.4. The highest BCUT2D eigenvalue weighted by Crippen LogP contribution is 2.42. The summed E-state index contributed by atoms with van der Waals surface area (Å²) < 4.78 is 51.7. The van der Waals surface area contributed by atoms with Crippen molar-refractivity contribution in [3.63, 3.8) is 0 Å². The number of carbonyl (C=O) groups is 4. The molecule has 2 aromatic carbocycles. The largest absolute Gasteiger partial charge is 0.453 e. The number of primary amides is 1. The van der Waals surface area contributed by atoms with Crippen molar-refractivity contribution in [3.05, 3.63) is 130 Å². The predicted molar refractivity (Wildman–Crippen MR) is 286 cm³/mol. The highest BCUT2D eigenvalue weighted by molar-refractivity contribution is 7.20. The Balaban J connectivity index is 0.941. The van der Waals surface area contributed by atoms with E-state index >= 15 is 13.2 Å². The quantitative estimate of drug-likeness (QED) is 0.0456. The van der Waals surface area contributed by atoms with E-state index in [2.05, 4.69) is 16.1 Å². The fourth-order valence-electron chi connectivity index (χ4n) is 9.04. The maximum Gasteiger partial charge on any atom is 0.434 e. The molecule has 2 aliphatic heterocycles. The third-order valence-electron chi connectivity index (χ3n) is 13.4. The predicted octanol–water partition coefficient (Wildman–Crippen LogP) is 6.94. The molecule has 2 atom stereocenters. The van der Waals surface area contributed by atoms with E-state index in [4.69, 9.17) is 25.3 Å². The van der Waals surface area contributed by atoms with Crippen molar-refractivity contribution < 1.29 is 62.3 Å². The summed E-state index contributed by atoms with van der Waals surface area (Å²) in [6.45, 7) is 7.40. The first-order chi connectivity index (χ1) is 37.1. The lowest BCUT2D eigenvalue weighted by Gasteiger charge is -2.37. The number of aliphatic hydroxyl groups excluding tert-OH is 2. The van der Waals surface area contributed by atoms with Crippen LogP contribution in [-0.2, 0) is 20.8 Å². The van der Waals surface area contributed by atoms with Gasteiger partial charge in [0.25, 0.3) is 11.8 Å². The zero-order valence-corrected chi connectivity index (χ0v) is 44.8. The monoisotopic (exact) mass is 1120 g/mol. The standard InChI is InChI=1S/C53H59F3N10O10S2/c1-52(2,73)29-12-13-31(34(54)22-29)41-25-32(46(57)69)48(77-41)60-43-10-6-8-37(58-43)40(28-68)64-16-20-66(21-17-64)51(72)76-62-47(70)33-26-42(45-35(55)23-30(24-36(45)56)53(3,4)74)78-49(33)61-44-11-7-9-38(59-44)39(27-67)63-14-18-65(19-15-63)50(71)75-5/h6-13,22-26,39-40,67-68,73-74H,14-21,27-28H2,1-5H3,(H2,57,69)(H,58,60)(H,59,61)(H,62,70). The Labute approximate surface area is 454 Å². The Morgan fingerprint density at radius 2 is 1.13 bits per heavy atom. The number of methoxy groups -OCH3 is 1. The molecule has 4 aromatic heterocycles. The van der Waals surface area contributed by atoms with E-state index in [9.17, 15) is 39.6 Å². The Morgan fingerprint density at radius 1 is 0.654 bits per heavy atom. The van der Waals surface area contributed by atoms with E-state index in [-0.39, 0.29) is 77.3 Å². The SMILES string of the molecule is COC(=O)N1CCN(C(CO)c2cccc(Nc3sc(-c4c(F)cc(C(C)(C)O)cc4F)cc3C(=O)NOC(=O)N3CCN(C(CO)c4cccc(Nc5sc(-c6ccc(C(C)(C)O)cc6F)cc5C(N)=O)n4)CC3)n2)CC1. The van der Waals surface area contributed by atoms with Crippen LogP contribution in [-0.4, -0.2) is 147 Å². The first-order valence-corrected chi connectivity index (χ1v) is 26.3. The molecule has 0 bridgehead atoms. The lowest BCUT2D eigenvalue weighted by Crippen LogP contribution is -2.51. The number of piperazine rings is 2. The fourth-order valence-corrected chi connectivity index (χ4v) is 11.2. The van der Waals surface area contributed by atoms with Gasteiger partial charge in [-0.3, -0.25) is 19.4 Å². The fraction of sp³-hybridized carbons (Fsp3) is 0.358. The first-order valence-electron chi connectivity index (χ1n) is 24.7. The highest BCUT2D eigenvalue weighted by atomic mass is 32.1. The molecule has 2 aliphatic rings. The van der Waals surface area contributed by atoms with Crippen LogP contribution in [0, 0.1) is 17.5 Å². The van der Waals surface area contributed by atoms with Gasteiger partial charge in [-0.25, -0.2) is 32.7 Å². The van der Waals surface area contributed by atoms with Gasteiger partial charge < -0.3 is 56.2 Å². The zero-order chi connectivity index (χ0) is 56.2. The van der Waals surface area contributed by atoms with Crippen LogP contribution in [0.3, 0.4) is 0 Å². The first kappa shape index (κ1) is 57.0. The molecule has 2 unspecified atom stereocenters. The maximum absolute atomic E-state index is 15.8. The average molecular weight is 1120 g/mol. The Hall–Kier alpha value is -7.23. The van der Waals surface area contributed by atoms with Gasteiger partial charge in [0.1, 0.15) is 39.1 Å². The molecule has 2 saturated heterocycles. The van der Waals surface area contributed by atoms with E-state index in [1.165, 1.54) is 50.1 Å². The van der Waals surface area contributed by atoms with E-state index in [1.54, 1.807) is 61.2 Å². The van der Waals surface area contributed by atoms with Crippen molar-refractivity contribution in [2.75, 3.05) is 83.3 Å². The minimum Gasteiger partial charge on any atom is -0.453 e. The van der Waals surface area contributed by atoms with Crippen molar-refractivity contribution >= 4 is 68.3 Å². The van der Waals surface area contributed by atoms with E-state index < -0.39 is 70.3 Å².